The summed E-state index contributed by atoms with van der Waals surface area (Å²) in [7, 11) is 0. The minimum Gasteiger partial charge on any atom is -0.477 e. The Morgan fingerprint density at radius 3 is 2.58 bits per heavy atom. The van der Waals surface area contributed by atoms with Crippen LogP contribution in [0.1, 0.15) is 11.1 Å². The molecule has 98 valence electrons. The van der Waals surface area contributed by atoms with Crippen molar-refractivity contribution in [1.29, 1.82) is 0 Å². The molecule has 1 N–H and O–H groups in total. The van der Waals surface area contributed by atoms with Crippen LogP contribution in [0.4, 0.5) is 0 Å². The summed E-state index contributed by atoms with van der Waals surface area (Å²) in [5.41, 5.74) is 1.27. The van der Waals surface area contributed by atoms with E-state index >= 15 is 0 Å². The number of hydrogen-bond donors (Lipinski definition) is 1. The van der Waals surface area contributed by atoms with Crippen molar-refractivity contribution in [2.24, 2.45) is 5.16 Å². The number of halogens is 1. The molecular weight excluding hydrogens is 266 g/mol. The molecule has 0 spiro atoms. The summed E-state index contributed by atoms with van der Waals surface area (Å²) >= 11 is 6.19. The molecule has 0 heterocycles. The summed E-state index contributed by atoms with van der Waals surface area (Å²) in [4.78, 5) is 0. The third kappa shape index (κ3) is 3.58. The van der Waals surface area contributed by atoms with E-state index in [-0.39, 0.29) is 13.2 Å². The van der Waals surface area contributed by atoms with Crippen LogP contribution in [0.2, 0.25) is 5.02 Å². The van der Waals surface area contributed by atoms with E-state index in [0.29, 0.717) is 27.6 Å². The van der Waals surface area contributed by atoms with Crippen molar-refractivity contribution >= 4 is 17.8 Å². The molecular formula is C14H12ClNO3. The summed E-state index contributed by atoms with van der Waals surface area (Å²) in [6, 6.07) is 1.62. The van der Waals surface area contributed by atoms with E-state index in [9.17, 15) is 0 Å². The van der Waals surface area contributed by atoms with Gasteiger partial charge in [-0.05, 0) is 18.6 Å². The van der Waals surface area contributed by atoms with Crippen molar-refractivity contribution in [2.45, 2.75) is 6.92 Å². The molecule has 0 aliphatic carbocycles. The first-order chi connectivity index (χ1) is 9.15. The topological polar surface area (TPSA) is 51.0 Å². The summed E-state index contributed by atoms with van der Waals surface area (Å²) in [6.45, 7) is 1.87. The highest BCUT2D eigenvalue weighted by Gasteiger charge is 2.16. The van der Waals surface area contributed by atoms with Gasteiger partial charge >= 0.3 is 0 Å². The van der Waals surface area contributed by atoms with Gasteiger partial charge in [-0.2, -0.15) is 0 Å². The monoisotopic (exact) mass is 277 g/mol. The largest absolute Gasteiger partial charge is 0.477 e. The zero-order chi connectivity index (χ0) is 14.3. The predicted molar refractivity (Wildman–Crippen MR) is 74.2 cm³/mol. The van der Waals surface area contributed by atoms with Gasteiger partial charge in [0.05, 0.1) is 11.2 Å². The van der Waals surface area contributed by atoms with Crippen molar-refractivity contribution in [1.82, 2.24) is 0 Å². The maximum absolute atomic E-state index is 8.61. The quantitative estimate of drug-likeness (QED) is 0.389. The highest BCUT2D eigenvalue weighted by molar-refractivity contribution is 6.33. The van der Waals surface area contributed by atoms with Crippen LogP contribution >= 0.6 is 11.6 Å². The lowest BCUT2D eigenvalue weighted by atomic mass is 10.1. The van der Waals surface area contributed by atoms with Crippen LogP contribution in [0.5, 0.6) is 11.5 Å². The van der Waals surface area contributed by atoms with Crippen LogP contribution in [-0.2, 0) is 0 Å². The fourth-order valence-electron chi connectivity index (χ4n) is 1.39. The molecule has 1 aromatic carbocycles. The number of terminal acetylenes is 2. The Bertz CT molecular complexity index is 568. The van der Waals surface area contributed by atoms with Crippen molar-refractivity contribution in [3.63, 3.8) is 0 Å². The van der Waals surface area contributed by atoms with Gasteiger partial charge in [-0.1, -0.05) is 28.6 Å². The van der Waals surface area contributed by atoms with E-state index in [2.05, 4.69) is 17.0 Å². The average Bonchev–Trinajstić information content (AvgIpc) is 2.41. The van der Waals surface area contributed by atoms with E-state index in [1.54, 1.807) is 13.0 Å². The van der Waals surface area contributed by atoms with Gasteiger partial charge in [-0.25, -0.2) is 0 Å². The maximum Gasteiger partial charge on any atom is 0.181 e. The normalized spacial score (nSPS) is 9.89. The van der Waals surface area contributed by atoms with Crippen LogP contribution in [0, 0.1) is 31.6 Å². The number of ether oxygens (including phenoxy) is 2. The predicted octanol–water partition coefficient (Wildman–Crippen LogP) is 2.48. The Labute approximate surface area is 117 Å². The zero-order valence-corrected chi connectivity index (χ0v) is 11.1. The zero-order valence-electron chi connectivity index (χ0n) is 10.3. The van der Waals surface area contributed by atoms with Gasteiger partial charge in [0, 0.05) is 5.56 Å². The molecule has 0 saturated carbocycles. The molecule has 0 aliphatic rings. The molecule has 1 rings (SSSR count). The highest BCUT2D eigenvalue weighted by Crippen LogP contribution is 2.39. The second-order valence-corrected chi connectivity index (χ2v) is 3.84. The van der Waals surface area contributed by atoms with Crippen LogP contribution in [0.15, 0.2) is 11.2 Å². The van der Waals surface area contributed by atoms with Crippen molar-refractivity contribution in [3.8, 4) is 36.2 Å². The third-order valence-electron chi connectivity index (χ3n) is 2.28. The number of oxime groups is 1. The van der Waals surface area contributed by atoms with E-state index in [0.717, 1.165) is 0 Å². The molecule has 0 amide bonds. The van der Waals surface area contributed by atoms with E-state index in [1.807, 2.05) is 0 Å². The van der Waals surface area contributed by atoms with Gasteiger partial charge < -0.3 is 14.7 Å². The Hall–Kier alpha value is -2.30. The minimum atomic E-state index is 0.0546. The van der Waals surface area contributed by atoms with Crippen molar-refractivity contribution in [2.75, 3.05) is 13.2 Å². The molecule has 0 atom stereocenters. The molecule has 0 aromatic heterocycles. The molecule has 0 bridgehead atoms. The second-order valence-electron chi connectivity index (χ2n) is 3.46. The first-order valence-corrected chi connectivity index (χ1v) is 5.66. The van der Waals surface area contributed by atoms with Gasteiger partial charge in [0.15, 0.2) is 11.5 Å². The Balaban J connectivity index is 3.30. The number of nitrogens with zero attached hydrogens (tertiary/aromatic N) is 1. The van der Waals surface area contributed by atoms with Gasteiger partial charge in [-0.3, -0.25) is 0 Å². The summed E-state index contributed by atoms with van der Waals surface area (Å²) in [6.07, 6.45) is 11.5. The number of hydrogen-bond acceptors (Lipinski definition) is 4. The first-order valence-electron chi connectivity index (χ1n) is 5.28. The highest BCUT2D eigenvalue weighted by atomic mass is 35.5. The molecule has 0 aliphatic heterocycles. The number of rotatable bonds is 5. The first kappa shape index (κ1) is 14.8. The average molecular weight is 278 g/mol. The van der Waals surface area contributed by atoms with E-state index in [1.165, 1.54) is 6.21 Å². The van der Waals surface area contributed by atoms with Crippen LogP contribution in [-0.4, -0.2) is 24.6 Å². The lowest BCUT2D eigenvalue weighted by Crippen LogP contribution is -2.03. The Morgan fingerprint density at radius 2 is 2.00 bits per heavy atom. The maximum atomic E-state index is 8.61. The molecule has 1 aromatic rings. The summed E-state index contributed by atoms with van der Waals surface area (Å²) in [5, 5.41) is 11.9. The molecule has 0 saturated heterocycles. The Morgan fingerprint density at radius 1 is 1.37 bits per heavy atom. The van der Waals surface area contributed by atoms with E-state index < -0.39 is 0 Å². The second kappa shape index (κ2) is 7.20. The lowest BCUT2D eigenvalue weighted by Gasteiger charge is -2.15. The molecule has 0 radical (unpaired) electrons. The van der Waals surface area contributed by atoms with E-state index in [4.69, 9.17) is 39.1 Å². The van der Waals surface area contributed by atoms with Crippen molar-refractivity contribution < 1.29 is 14.7 Å². The van der Waals surface area contributed by atoms with Gasteiger partial charge in [0.1, 0.15) is 13.2 Å². The minimum absolute atomic E-state index is 0.0546. The van der Waals surface area contributed by atoms with Crippen molar-refractivity contribution in [3.05, 3.63) is 22.2 Å². The van der Waals surface area contributed by atoms with Crippen LogP contribution in [0.3, 0.4) is 0 Å². The van der Waals surface area contributed by atoms with Gasteiger partial charge in [-0.15, -0.1) is 12.8 Å². The molecule has 4 nitrogen and oxygen atoms in total. The summed E-state index contributed by atoms with van der Waals surface area (Å²) < 4.78 is 10.7. The fraction of sp³-hybridized carbons (Fsp3) is 0.214. The smallest absolute Gasteiger partial charge is 0.181 e. The van der Waals surface area contributed by atoms with Crippen LogP contribution in [0.25, 0.3) is 0 Å². The molecule has 19 heavy (non-hydrogen) atoms. The molecule has 0 fully saturated rings. The Kier molecular flexibility index (Phi) is 5.60. The SMILES string of the molecule is C#CCOc1cc(C=NO)c(C)c(Cl)c1OCC#C. The molecule has 5 heteroatoms. The molecule has 0 unspecified atom stereocenters. The van der Waals surface area contributed by atoms with Crippen LogP contribution < -0.4 is 9.47 Å². The van der Waals surface area contributed by atoms with Gasteiger partial charge in [0.2, 0.25) is 0 Å². The van der Waals surface area contributed by atoms with Gasteiger partial charge in [0.25, 0.3) is 0 Å². The number of benzene rings is 1. The standard InChI is InChI=1S/C14H12ClNO3/c1-4-6-18-12-8-11(9-16-17)10(3)13(15)14(12)19-7-5-2/h1-2,8-9,17H,6-7H2,3H3. The fourth-order valence-corrected chi connectivity index (χ4v) is 1.65. The summed E-state index contributed by atoms with van der Waals surface area (Å²) in [5.74, 6) is 5.35. The third-order valence-corrected chi connectivity index (χ3v) is 2.73. The lowest BCUT2D eigenvalue weighted by molar-refractivity contribution is 0.314.